The number of para-hydroxylation sites is 1. The van der Waals surface area contributed by atoms with Crippen molar-refractivity contribution in [2.24, 2.45) is 0 Å². The predicted molar refractivity (Wildman–Crippen MR) is 109 cm³/mol. The third-order valence-corrected chi connectivity index (χ3v) is 6.28. The summed E-state index contributed by atoms with van der Waals surface area (Å²) in [6, 6.07) is 12.5. The fourth-order valence-corrected chi connectivity index (χ4v) is 4.62. The minimum atomic E-state index is -0.384. The summed E-state index contributed by atoms with van der Waals surface area (Å²) in [5.74, 6) is -0.426. The Morgan fingerprint density at radius 1 is 0.889 bits per heavy atom. The first-order valence-electron chi connectivity index (χ1n) is 8.76. The lowest BCUT2D eigenvalue weighted by molar-refractivity contribution is -0.119. The molecule has 0 spiro atoms. The van der Waals surface area contributed by atoms with E-state index < -0.39 is 0 Å². The van der Waals surface area contributed by atoms with Crippen LogP contribution in [-0.4, -0.2) is 11.7 Å². The summed E-state index contributed by atoms with van der Waals surface area (Å²) in [4.78, 5) is 27.6. The lowest BCUT2D eigenvalue weighted by Crippen LogP contribution is -2.40. The van der Waals surface area contributed by atoms with Crippen molar-refractivity contribution >= 4 is 52.2 Å². The predicted octanol–water partition coefficient (Wildman–Crippen LogP) is 6.17. The number of hydrogen-bond donors (Lipinski definition) is 0. The van der Waals surface area contributed by atoms with Gasteiger partial charge in [0.05, 0.1) is 20.8 Å². The van der Waals surface area contributed by atoms with Gasteiger partial charge in [-0.2, -0.15) is 0 Å². The summed E-state index contributed by atoms with van der Waals surface area (Å²) in [5.41, 5.74) is 2.72. The van der Waals surface area contributed by atoms with Crippen molar-refractivity contribution in [2.75, 3.05) is 4.90 Å². The molecule has 1 unspecified atom stereocenters. The van der Waals surface area contributed by atoms with Crippen molar-refractivity contribution in [1.82, 2.24) is 0 Å². The number of Topliss-reactive ketones (excluding diaryl/α,β-unsaturated/α-hetero) is 1. The highest BCUT2D eigenvalue weighted by molar-refractivity contribution is 6.42. The maximum Gasteiger partial charge on any atom is 0.232 e. The number of anilines is 1. The van der Waals surface area contributed by atoms with Gasteiger partial charge >= 0.3 is 0 Å². The molecule has 0 radical (unpaired) electrons. The first-order chi connectivity index (χ1) is 13.0. The van der Waals surface area contributed by atoms with Gasteiger partial charge in [0, 0.05) is 30.0 Å². The first kappa shape index (κ1) is 18.5. The second-order valence-corrected chi connectivity index (χ2v) is 7.91. The molecule has 1 amide bonds. The van der Waals surface area contributed by atoms with Crippen LogP contribution in [-0.2, 0) is 9.59 Å². The van der Waals surface area contributed by atoms with Gasteiger partial charge in [-0.15, -0.1) is 0 Å². The van der Waals surface area contributed by atoms with Crippen LogP contribution < -0.4 is 4.90 Å². The standard InChI is InChI=1S/C21H16Cl3NO2/c22-14-6-1-2-8-16(14)25-17-9-4-10-18(26)20(17)13(11-19(25)27)12-5-3-7-15(23)21(12)24/h1-3,5-8,13H,4,9-11H2. The second-order valence-electron chi connectivity index (χ2n) is 6.72. The van der Waals surface area contributed by atoms with E-state index in [2.05, 4.69) is 0 Å². The zero-order valence-corrected chi connectivity index (χ0v) is 16.6. The molecule has 27 heavy (non-hydrogen) atoms. The Balaban J connectivity index is 1.91. The molecule has 0 bridgehead atoms. The van der Waals surface area contributed by atoms with Gasteiger partial charge in [-0.1, -0.05) is 59.1 Å². The third-order valence-electron chi connectivity index (χ3n) is 5.13. The molecule has 0 fully saturated rings. The summed E-state index contributed by atoms with van der Waals surface area (Å²) in [6.45, 7) is 0. The maximum absolute atomic E-state index is 13.1. The van der Waals surface area contributed by atoms with Crippen LogP contribution in [0.2, 0.25) is 15.1 Å². The summed E-state index contributed by atoms with van der Waals surface area (Å²) >= 11 is 19.0. The monoisotopic (exact) mass is 419 g/mol. The number of carbonyl (C=O) groups excluding carboxylic acids is 2. The van der Waals surface area contributed by atoms with Gasteiger partial charge in [0.15, 0.2) is 5.78 Å². The van der Waals surface area contributed by atoms with E-state index in [1.165, 1.54) is 0 Å². The number of ketones is 1. The van der Waals surface area contributed by atoms with E-state index in [1.807, 2.05) is 18.2 Å². The number of amides is 1. The van der Waals surface area contributed by atoms with Crippen LogP contribution >= 0.6 is 34.8 Å². The number of benzene rings is 2. The lowest BCUT2D eigenvalue weighted by Gasteiger charge is -2.38. The van der Waals surface area contributed by atoms with Crippen LogP contribution in [0.1, 0.15) is 37.2 Å². The van der Waals surface area contributed by atoms with E-state index in [1.54, 1.807) is 29.2 Å². The van der Waals surface area contributed by atoms with Crippen molar-refractivity contribution in [3.8, 4) is 0 Å². The van der Waals surface area contributed by atoms with Gasteiger partial charge in [-0.05, 0) is 36.6 Å². The van der Waals surface area contributed by atoms with E-state index in [0.717, 1.165) is 11.3 Å². The van der Waals surface area contributed by atoms with Crippen LogP contribution in [0.25, 0.3) is 0 Å². The van der Waals surface area contributed by atoms with E-state index in [0.29, 0.717) is 45.6 Å². The Labute approximate surface area is 172 Å². The zero-order chi connectivity index (χ0) is 19.1. The second kappa shape index (κ2) is 7.31. The highest BCUT2D eigenvalue weighted by atomic mass is 35.5. The normalized spacial score (nSPS) is 20.1. The largest absolute Gasteiger partial charge is 0.294 e. The average molecular weight is 421 g/mol. The molecule has 1 heterocycles. The summed E-state index contributed by atoms with van der Waals surface area (Å²) in [6.07, 6.45) is 1.97. The van der Waals surface area contributed by atoms with Gasteiger partial charge in [0.1, 0.15) is 0 Å². The van der Waals surface area contributed by atoms with Crippen LogP contribution in [0, 0.1) is 0 Å². The summed E-state index contributed by atoms with van der Waals surface area (Å²) in [5, 5.41) is 1.30. The van der Waals surface area contributed by atoms with Crippen LogP contribution in [0.5, 0.6) is 0 Å². The highest BCUT2D eigenvalue weighted by Crippen LogP contribution is 2.46. The molecule has 0 aromatic heterocycles. The van der Waals surface area contributed by atoms with Crippen LogP contribution in [0.3, 0.4) is 0 Å². The Bertz CT molecular complexity index is 983. The lowest BCUT2D eigenvalue weighted by atomic mass is 9.77. The molecule has 2 aliphatic rings. The molecule has 0 saturated carbocycles. The number of hydrogen-bond acceptors (Lipinski definition) is 2. The SMILES string of the molecule is O=C1CCCC2=C1C(c1cccc(Cl)c1Cl)CC(=O)N2c1ccccc1Cl. The van der Waals surface area contributed by atoms with Crippen molar-refractivity contribution in [2.45, 2.75) is 31.6 Å². The van der Waals surface area contributed by atoms with Gasteiger partial charge in [0.25, 0.3) is 0 Å². The number of rotatable bonds is 2. The molecule has 138 valence electrons. The summed E-state index contributed by atoms with van der Waals surface area (Å²) in [7, 11) is 0. The molecule has 3 nitrogen and oxygen atoms in total. The Hall–Kier alpha value is -1.81. The average Bonchev–Trinajstić information content (AvgIpc) is 2.65. The molecule has 0 N–H and O–H groups in total. The zero-order valence-electron chi connectivity index (χ0n) is 14.3. The fourth-order valence-electron chi connectivity index (χ4n) is 3.96. The van der Waals surface area contributed by atoms with Crippen LogP contribution in [0.4, 0.5) is 5.69 Å². The Morgan fingerprint density at radius 2 is 1.63 bits per heavy atom. The van der Waals surface area contributed by atoms with Crippen molar-refractivity contribution in [1.29, 1.82) is 0 Å². The smallest absolute Gasteiger partial charge is 0.232 e. The molecular weight excluding hydrogens is 405 g/mol. The minimum absolute atomic E-state index is 0.0573. The number of allylic oxidation sites excluding steroid dienone is 2. The van der Waals surface area contributed by atoms with E-state index in [9.17, 15) is 9.59 Å². The maximum atomic E-state index is 13.1. The van der Waals surface area contributed by atoms with Crippen LogP contribution in [0.15, 0.2) is 53.7 Å². The topological polar surface area (TPSA) is 37.4 Å². The van der Waals surface area contributed by atoms with Gasteiger partial charge in [0.2, 0.25) is 5.91 Å². The summed E-state index contributed by atoms with van der Waals surface area (Å²) < 4.78 is 0. The van der Waals surface area contributed by atoms with Crippen molar-refractivity contribution < 1.29 is 9.59 Å². The molecule has 6 heteroatoms. The fraction of sp³-hybridized carbons (Fsp3) is 0.238. The molecule has 1 aliphatic heterocycles. The van der Waals surface area contributed by atoms with E-state index >= 15 is 0 Å². The minimum Gasteiger partial charge on any atom is -0.294 e. The van der Waals surface area contributed by atoms with E-state index in [4.69, 9.17) is 34.8 Å². The quantitative estimate of drug-likeness (QED) is 0.582. The van der Waals surface area contributed by atoms with Gasteiger partial charge < -0.3 is 0 Å². The van der Waals surface area contributed by atoms with Crippen molar-refractivity contribution in [3.63, 3.8) is 0 Å². The molecular formula is C21H16Cl3NO2. The molecule has 4 rings (SSSR count). The molecule has 2 aromatic rings. The molecule has 2 aromatic carbocycles. The van der Waals surface area contributed by atoms with Crippen molar-refractivity contribution in [3.05, 3.63) is 74.4 Å². The highest BCUT2D eigenvalue weighted by Gasteiger charge is 2.40. The van der Waals surface area contributed by atoms with Gasteiger partial charge in [-0.3, -0.25) is 14.5 Å². The first-order valence-corrected chi connectivity index (χ1v) is 9.90. The number of halogens is 3. The van der Waals surface area contributed by atoms with Gasteiger partial charge in [-0.25, -0.2) is 0 Å². The number of nitrogens with zero attached hydrogens (tertiary/aromatic N) is 1. The molecule has 0 saturated heterocycles. The number of carbonyl (C=O) groups is 2. The Morgan fingerprint density at radius 3 is 2.41 bits per heavy atom. The molecule has 1 aliphatic carbocycles. The van der Waals surface area contributed by atoms with E-state index in [-0.39, 0.29) is 24.0 Å². The third kappa shape index (κ3) is 3.18. The molecule has 1 atom stereocenters. The Kier molecular flexibility index (Phi) is 5.02.